The Morgan fingerprint density at radius 3 is 2.47 bits per heavy atom. The van der Waals surface area contributed by atoms with Gasteiger partial charge in [-0.2, -0.15) is 0 Å². The molecule has 0 aliphatic rings. The van der Waals surface area contributed by atoms with E-state index in [0.29, 0.717) is 19.6 Å². The number of hydrogen-bond donors (Lipinski definition) is 0. The van der Waals surface area contributed by atoms with Crippen molar-refractivity contribution in [3.63, 3.8) is 0 Å². The molecule has 1 atom stereocenters. The lowest BCUT2D eigenvalue weighted by Gasteiger charge is -2.20. The summed E-state index contributed by atoms with van der Waals surface area (Å²) in [4.78, 5) is 13.6. The molecule has 0 bridgehead atoms. The molecular weight excluding hydrogens is 266 g/mol. The van der Waals surface area contributed by atoms with Crippen LogP contribution < -0.4 is 4.74 Å². The van der Waals surface area contributed by atoms with Gasteiger partial charge in [-0.1, -0.05) is 12.1 Å². The van der Waals surface area contributed by atoms with E-state index in [9.17, 15) is 4.79 Å². The van der Waals surface area contributed by atoms with E-state index in [1.165, 1.54) is 0 Å². The molecule has 1 aromatic carbocycles. The van der Waals surface area contributed by atoms with E-state index in [1.54, 1.807) is 26.2 Å². The molecule has 1 rings (SSSR count). The van der Waals surface area contributed by atoms with E-state index >= 15 is 0 Å². The van der Waals surface area contributed by atoms with E-state index in [0.717, 1.165) is 11.3 Å². The summed E-state index contributed by atoms with van der Waals surface area (Å²) in [5.41, 5.74) is 0.954. The van der Waals surface area contributed by atoms with Crippen LogP contribution in [-0.4, -0.2) is 50.6 Å². The highest BCUT2D eigenvalue weighted by molar-refractivity contribution is 6.21. The molecule has 0 saturated carbocycles. The van der Waals surface area contributed by atoms with E-state index in [4.69, 9.17) is 21.1 Å². The Labute approximate surface area is 119 Å². The van der Waals surface area contributed by atoms with Gasteiger partial charge in [0.2, 0.25) is 5.91 Å². The molecule has 0 aromatic heterocycles. The lowest BCUT2D eigenvalue weighted by atomic mass is 10.1. The Morgan fingerprint density at radius 2 is 1.95 bits per heavy atom. The zero-order valence-electron chi connectivity index (χ0n) is 11.6. The molecule has 0 N–H and O–H groups in total. The van der Waals surface area contributed by atoms with Crippen molar-refractivity contribution in [1.29, 1.82) is 0 Å². The van der Waals surface area contributed by atoms with Crippen LogP contribution in [0, 0.1) is 0 Å². The van der Waals surface area contributed by atoms with Gasteiger partial charge in [-0.3, -0.25) is 4.79 Å². The predicted octanol–water partition coefficient (Wildman–Crippen LogP) is 1.95. The van der Waals surface area contributed by atoms with E-state index < -0.39 is 0 Å². The fraction of sp³-hybridized carbons (Fsp3) is 0.500. The molecule has 4 nitrogen and oxygen atoms in total. The van der Waals surface area contributed by atoms with Gasteiger partial charge in [0.1, 0.15) is 5.75 Å². The fourth-order valence-corrected chi connectivity index (χ4v) is 2.02. The summed E-state index contributed by atoms with van der Waals surface area (Å²) < 4.78 is 10.0. The van der Waals surface area contributed by atoms with Crippen molar-refractivity contribution >= 4 is 17.5 Å². The van der Waals surface area contributed by atoms with Gasteiger partial charge in [0.25, 0.3) is 0 Å². The highest BCUT2D eigenvalue weighted by atomic mass is 35.5. The van der Waals surface area contributed by atoms with Crippen LogP contribution in [0.5, 0.6) is 5.75 Å². The van der Waals surface area contributed by atoms with Gasteiger partial charge in [0.05, 0.1) is 25.5 Å². The minimum atomic E-state index is -0.185. The maximum absolute atomic E-state index is 12.0. The number of carbonyl (C=O) groups is 1. The van der Waals surface area contributed by atoms with Crippen LogP contribution in [0.2, 0.25) is 0 Å². The molecule has 0 aliphatic carbocycles. The van der Waals surface area contributed by atoms with Gasteiger partial charge < -0.3 is 14.4 Å². The molecule has 1 amide bonds. The quantitative estimate of drug-likeness (QED) is 0.719. The van der Waals surface area contributed by atoms with Crippen molar-refractivity contribution in [3.8, 4) is 5.75 Å². The Balaban J connectivity index is 2.48. The zero-order chi connectivity index (χ0) is 14.3. The second kappa shape index (κ2) is 8.02. The van der Waals surface area contributed by atoms with Crippen LogP contribution >= 0.6 is 11.6 Å². The normalized spacial score (nSPS) is 12.0. The molecule has 1 aromatic rings. The summed E-state index contributed by atoms with van der Waals surface area (Å²) in [6.07, 6.45) is 0.358. The largest absolute Gasteiger partial charge is 0.497 e. The van der Waals surface area contributed by atoms with Crippen LogP contribution in [0.15, 0.2) is 24.3 Å². The number of halogens is 1. The summed E-state index contributed by atoms with van der Waals surface area (Å²) in [6.45, 7) is 0.909. The number of rotatable bonds is 7. The Hall–Kier alpha value is -1.26. The molecule has 106 valence electrons. The SMILES string of the molecule is COCC(Cl)CN(C)C(=O)Cc1ccc(OC)cc1. The first-order chi connectivity index (χ1) is 9.06. The number of ether oxygens (including phenoxy) is 2. The van der Waals surface area contributed by atoms with E-state index in [-0.39, 0.29) is 11.3 Å². The summed E-state index contributed by atoms with van der Waals surface area (Å²) in [5.74, 6) is 0.817. The van der Waals surface area contributed by atoms with Crippen LogP contribution in [0.1, 0.15) is 5.56 Å². The minimum absolute atomic E-state index is 0.0342. The molecule has 0 spiro atoms. The molecule has 19 heavy (non-hydrogen) atoms. The number of nitrogens with zero attached hydrogens (tertiary/aromatic N) is 1. The Morgan fingerprint density at radius 1 is 1.32 bits per heavy atom. The monoisotopic (exact) mass is 285 g/mol. The van der Waals surface area contributed by atoms with Gasteiger partial charge in [-0.25, -0.2) is 0 Å². The topological polar surface area (TPSA) is 38.8 Å². The number of amides is 1. The van der Waals surface area contributed by atoms with Crippen molar-refractivity contribution in [2.45, 2.75) is 11.8 Å². The first kappa shape index (κ1) is 15.8. The van der Waals surface area contributed by atoms with Crippen molar-refractivity contribution in [2.24, 2.45) is 0 Å². The van der Waals surface area contributed by atoms with Gasteiger partial charge in [-0.05, 0) is 17.7 Å². The molecule has 0 aliphatic heterocycles. The van der Waals surface area contributed by atoms with Gasteiger partial charge in [0, 0.05) is 20.7 Å². The highest BCUT2D eigenvalue weighted by Gasteiger charge is 2.14. The van der Waals surface area contributed by atoms with Crippen molar-refractivity contribution in [2.75, 3.05) is 34.4 Å². The number of benzene rings is 1. The third-order valence-corrected chi connectivity index (χ3v) is 3.02. The number of hydrogen-bond acceptors (Lipinski definition) is 3. The summed E-state index contributed by atoms with van der Waals surface area (Å²) in [7, 11) is 4.95. The minimum Gasteiger partial charge on any atom is -0.497 e. The molecule has 0 radical (unpaired) electrons. The average Bonchev–Trinajstić information content (AvgIpc) is 2.39. The van der Waals surface area contributed by atoms with Gasteiger partial charge in [0.15, 0.2) is 0 Å². The van der Waals surface area contributed by atoms with Gasteiger partial charge in [-0.15, -0.1) is 11.6 Å². The first-order valence-corrected chi connectivity index (χ1v) is 6.50. The van der Waals surface area contributed by atoms with E-state index in [1.807, 2.05) is 24.3 Å². The van der Waals surface area contributed by atoms with Crippen molar-refractivity contribution in [1.82, 2.24) is 4.90 Å². The molecular formula is C14H20ClNO3. The van der Waals surface area contributed by atoms with Crippen molar-refractivity contribution < 1.29 is 14.3 Å². The second-order valence-corrected chi connectivity index (χ2v) is 4.97. The molecule has 0 fully saturated rings. The van der Waals surface area contributed by atoms with Crippen molar-refractivity contribution in [3.05, 3.63) is 29.8 Å². The van der Waals surface area contributed by atoms with E-state index in [2.05, 4.69) is 0 Å². The maximum atomic E-state index is 12.0. The summed E-state index contributed by atoms with van der Waals surface area (Å²) in [5, 5.41) is -0.185. The number of methoxy groups -OCH3 is 2. The lowest BCUT2D eigenvalue weighted by molar-refractivity contribution is -0.129. The lowest BCUT2D eigenvalue weighted by Crippen LogP contribution is -2.34. The average molecular weight is 286 g/mol. The zero-order valence-corrected chi connectivity index (χ0v) is 12.3. The molecule has 1 unspecified atom stereocenters. The fourth-order valence-electron chi connectivity index (χ4n) is 1.69. The van der Waals surface area contributed by atoms with Gasteiger partial charge >= 0.3 is 0 Å². The Kier molecular flexibility index (Phi) is 6.67. The number of likely N-dealkylation sites (N-methyl/N-ethyl adjacent to an activating group) is 1. The Bertz CT molecular complexity index is 394. The standard InChI is InChI=1S/C14H20ClNO3/c1-16(9-12(15)10-18-2)14(17)8-11-4-6-13(19-3)7-5-11/h4-7,12H,8-10H2,1-3H3. The first-order valence-electron chi connectivity index (χ1n) is 6.06. The number of alkyl halides is 1. The molecule has 5 heteroatoms. The third kappa shape index (κ3) is 5.49. The molecule has 0 heterocycles. The van der Waals surface area contributed by atoms with Crippen LogP contribution in [0.4, 0.5) is 0 Å². The van der Waals surface area contributed by atoms with Crippen LogP contribution in [0.3, 0.4) is 0 Å². The highest BCUT2D eigenvalue weighted by Crippen LogP contribution is 2.12. The number of carbonyl (C=O) groups excluding carboxylic acids is 1. The smallest absolute Gasteiger partial charge is 0.226 e. The maximum Gasteiger partial charge on any atom is 0.226 e. The second-order valence-electron chi connectivity index (χ2n) is 4.35. The van der Waals surface area contributed by atoms with Crippen LogP contribution in [-0.2, 0) is 16.0 Å². The molecule has 0 saturated heterocycles. The summed E-state index contributed by atoms with van der Waals surface area (Å²) >= 11 is 6.03. The third-order valence-electron chi connectivity index (χ3n) is 2.76. The van der Waals surface area contributed by atoms with Crippen LogP contribution in [0.25, 0.3) is 0 Å². The predicted molar refractivity (Wildman–Crippen MR) is 75.9 cm³/mol. The summed E-state index contributed by atoms with van der Waals surface area (Å²) in [6, 6.07) is 7.46.